The van der Waals surface area contributed by atoms with Crippen LogP contribution in [0.1, 0.15) is 5.56 Å². The number of hydrogen-bond acceptors (Lipinski definition) is 2. The third-order valence-corrected chi connectivity index (χ3v) is 2.84. The maximum atomic E-state index is 11.8. The van der Waals surface area contributed by atoms with E-state index in [1.165, 1.54) is 0 Å². The summed E-state index contributed by atoms with van der Waals surface area (Å²) in [5.41, 5.74) is 1.85. The zero-order chi connectivity index (χ0) is 11.7. The molecule has 1 amide bonds. The Morgan fingerprint density at radius 2 is 1.76 bits per heavy atom. The van der Waals surface area contributed by atoms with Crippen LogP contribution in [0.2, 0.25) is 0 Å². The predicted molar refractivity (Wildman–Crippen MR) is 63.6 cm³/mol. The molecule has 0 spiro atoms. The van der Waals surface area contributed by atoms with Gasteiger partial charge < -0.3 is 0 Å². The van der Waals surface area contributed by atoms with E-state index in [1.54, 1.807) is 12.4 Å². The standard InChI is InChI=1S/C14H10N2O/c17-14-12(9-10-5-7-15-8-6-10)11-3-1-2-4-13(11)16-14/h1-8H,9H2. The molecule has 0 bridgehead atoms. The number of hydrogen-bond donors (Lipinski definition) is 0. The average molecular weight is 222 g/mol. The number of carbonyl (C=O) groups is 1. The van der Waals surface area contributed by atoms with Gasteiger partial charge in [-0.15, -0.1) is 0 Å². The lowest BCUT2D eigenvalue weighted by Crippen LogP contribution is -2.22. The number of fused-ring (bicyclic) bond motifs is 1. The molecule has 1 aromatic heterocycles. The zero-order valence-electron chi connectivity index (χ0n) is 9.13. The van der Waals surface area contributed by atoms with E-state index in [2.05, 4.69) is 9.98 Å². The predicted octanol–water partition coefficient (Wildman–Crippen LogP) is 0.635. The van der Waals surface area contributed by atoms with Gasteiger partial charge in [-0.3, -0.25) is 9.78 Å². The Morgan fingerprint density at radius 1 is 1.00 bits per heavy atom. The molecule has 0 N–H and O–H groups in total. The van der Waals surface area contributed by atoms with Crippen molar-refractivity contribution in [3.63, 3.8) is 0 Å². The topological polar surface area (TPSA) is 42.3 Å². The minimum Gasteiger partial charge on any atom is -0.267 e. The van der Waals surface area contributed by atoms with Gasteiger partial charge in [0.05, 0.1) is 5.36 Å². The molecular formula is C14H10N2O. The van der Waals surface area contributed by atoms with Gasteiger partial charge in [-0.05, 0) is 23.8 Å². The van der Waals surface area contributed by atoms with Gasteiger partial charge in [-0.2, -0.15) is 0 Å². The first-order chi connectivity index (χ1) is 8.34. The molecule has 0 fully saturated rings. The van der Waals surface area contributed by atoms with Gasteiger partial charge in [0.15, 0.2) is 0 Å². The van der Waals surface area contributed by atoms with Crippen molar-refractivity contribution in [2.24, 2.45) is 4.99 Å². The first kappa shape index (κ1) is 9.90. The van der Waals surface area contributed by atoms with E-state index in [-0.39, 0.29) is 5.91 Å². The lowest BCUT2D eigenvalue weighted by molar-refractivity contribution is -0.112. The molecule has 1 aromatic carbocycles. The van der Waals surface area contributed by atoms with E-state index in [1.807, 2.05) is 36.4 Å². The molecule has 1 aliphatic rings. The molecule has 3 rings (SSSR count). The summed E-state index contributed by atoms with van der Waals surface area (Å²) >= 11 is 0. The van der Waals surface area contributed by atoms with Crippen LogP contribution >= 0.6 is 0 Å². The summed E-state index contributed by atoms with van der Waals surface area (Å²) in [6.45, 7) is 0. The number of pyridine rings is 1. The van der Waals surface area contributed by atoms with Crippen molar-refractivity contribution >= 4 is 11.5 Å². The van der Waals surface area contributed by atoms with Crippen LogP contribution in [0.3, 0.4) is 0 Å². The third-order valence-electron chi connectivity index (χ3n) is 2.84. The molecule has 2 heterocycles. The monoisotopic (exact) mass is 222 g/mol. The number of benzene rings is 1. The SMILES string of the molecule is O=C1N=c2ccccc2=C1Cc1ccncc1. The molecule has 17 heavy (non-hydrogen) atoms. The highest BCUT2D eigenvalue weighted by atomic mass is 16.1. The zero-order valence-corrected chi connectivity index (χ0v) is 9.13. The second kappa shape index (κ2) is 3.94. The van der Waals surface area contributed by atoms with Crippen LogP contribution < -0.4 is 10.6 Å². The molecule has 1 aliphatic heterocycles. The normalized spacial score (nSPS) is 13.4. The summed E-state index contributed by atoms with van der Waals surface area (Å²) in [5, 5.41) is 1.73. The summed E-state index contributed by atoms with van der Waals surface area (Å²) in [4.78, 5) is 19.8. The summed E-state index contributed by atoms with van der Waals surface area (Å²) in [7, 11) is 0. The van der Waals surface area contributed by atoms with Crippen molar-refractivity contribution in [3.8, 4) is 0 Å². The maximum Gasteiger partial charge on any atom is 0.274 e. The quantitative estimate of drug-likeness (QED) is 0.748. The van der Waals surface area contributed by atoms with Crippen LogP contribution in [0.4, 0.5) is 0 Å². The Bertz CT molecular complexity index is 690. The first-order valence-corrected chi connectivity index (χ1v) is 5.45. The van der Waals surface area contributed by atoms with E-state index in [0.717, 1.165) is 21.7 Å². The Kier molecular flexibility index (Phi) is 2.29. The van der Waals surface area contributed by atoms with Gasteiger partial charge in [0, 0.05) is 29.6 Å². The second-order valence-electron chi connectivity index (χ2n) is 3.94. The highest BCUT2D eigenvalue weighted by molar-refractivity contribution is 6.15. The van der Waals surface area contributed by atoms with Gasteiger partial charge in [0.25, 0.3) is 5.91 Å². The summed E-state index contributed by atoms with van der Waals surface area (Å²) in [6.07, 6.45) is 4.08. The van der Waals surface area contributed by atoms with Gasteiger partial charge in [0.1, 0.15) is 0 Å². The molecule has 3 heteroatoms. The lowest BCUT2D eigenvalue weighted by atomic mass is 10.0. The van der Waals surface area contributed by atoms with Crippen LogP contribution in [-0.2, 0) is 11.2 Å². The minimum absolute atomic E-state index is 0.122. The fourth-order valence-corrected chi connectivity index (χ4v) is 1.99. The fraction of sp³-hybridized carbons (Fsp3) is 0.0714. The third kappa shape index (κ3) is 1.76. The van der Waals surface area contributed by atoms with Crippen LogP contribution in [0.5, 0.6) is 0 Å². The summed E-state index contributed by atoms with van der Waals surface area (Å²) in [6, 6.07) is 11.5. The molecule has 2 aromatic rings. The molecule has 0 unspecified atom stereocenters. The van der Waals surface area contributed by atoms with Crippen LogP contribution in [0, 0.1) is 0 Å². The molecule has 0 atom stereocenters. The summed E-state index contributed by atoms with van der Waals surface area (Å²) in [5.74, 6) is -0.122. The van der Waals surface area contributed by atoms with Crippen molar-refractivity contribution in [1.29, 1.82) is 0 Å². The highest BCUT2D eigenvalue weighted by Gasteiger charge is 2.15. The van der Waals surface area contributed by atoms with E-state index >= 15 is 0 Å². The van der Waals surface area contributed by atoms with Crippen LogP contribution in [-0.4, -0.2) is 10.9 Å². The molecule has 0 saturated heterocycles. The minimum atomic E-state index is -0.122. The fourth-order valence-electron chi connectivity index (χ4n) is 1.99. The number of nitrogens with zero attached hydrogens (tertiary/aromatic N) is 2. The molecule has 82 valence electrons. The Hall–Kier alpha value is -2.29. The average Bonchev–Trinajstić information content (AvgIpc) is 2.68. The van der Waals surface area contributed by atoms with Gasteiger partial charge in [-0.25, -0.2) is 4.99 Å². The van der Waals surface area contributed by atoms with E-state index in [0.29, 0.717) is 6.42 Å². The Labute approximate surface area is 98.2 Å². The smallest absolute Gasteiger partial charge is 0.267 e. The molecular weight excluding hydrogens is 212 g/mol. The van der Waals surface area contributed by atoms with Crippen molar-refractivity contribution in [2.75, 3.05) is 0 Å². The first-order valence-electron chi connectivity index (χ1n) is 5.45. The lowest BCUT2D eigenvalue weighted by Gasteiger charge is -1.99. The van der Waals surface area contributed by atoms with Crippen molar-refractivity contribution in [1.82, 2.24) is 4.98 Å². The van der Waals surface area contributed by atoms with Gasteiger partial charge in [-0.1, -0.05) is 18.2 Å². The largest absolute Gasteiger partial charge is 0.274 e. The number of rotatable bonds is 2. The van der Waals surface area contributed by atoms with Crippen molar-refractivity contribution in [3.05, 3.63) is 64.9 Å². The Morgan fingerprint density at radius 3 is 2.59 bits per heavy atom. The number of para-hydroxylation sites is 1. The van der Waals surface area contributed by atoms with Crippen LogP contribution in [0.25, 0.3) is 5.57 Å². The molecule has 3 nitrogen and oxygen atoms in total. The molecule has 0 saturated carbocycles. The van der Waals surface area contributed by atoms with E-state index < -0.39 is 0 Å². The number of carbonyl (C=O) groups excluding carboxylic acids is 1. The van der Waals surface area contributed by atoms with Crippen molar-refractivity contribution in [2.45, 2.75) is 6.42 Å². The highest BCUT2D eigenvalue weighted by Crippen LogP contribution is 2.09. The van der Waals surface area contributed by atoms with Gasteiger partial charge >= 0.3 is 0 Å². The number of aromatic nitrogens is 1. The van der Waals surface area contributed by atoms with E-state index in [9.17, 15) is 4.79 Å². The van der Waals surface area contributed by atoms with E-state index in [4.69, 9.17) is 0 Å². The van der Waals surface area contributed by atoms with Gasteiger partial charge in [0.2, 0.25) is 0 Å². The summed E-state index contributed by atoms with van der Waals surface area (Å²) < 4.78 is 0. The number of amides is 1. The van der Waals surface area contributed by atoms with Crippen molar-refractivity contribution < 1.29 is 4.79 Å². The maximum absolute atomic E-state index is 11.8. The molecule has 0 aliphatic carbocycles. The second-order valence-corrected chi connectivity index (χ2v) is 3.94. The van der Waals surface area contributed by atoms with Crippen LogP contribution in [0.15, 0.2) is 53.8 Å². The molecule has 0 radical (unpaired) electrons. The Balaban J connectivity index is 2.11.